The molecule has 22 heavy (non-hydrogen) atoms. The van der Waals surface area contributed by atoms with Crippen LogP contribution in [-0.2, 0) is 24.3 Å². The topological polar surface area (TPSA) is 125 Å². The van der Waals surface area contributed by atoms with Crippen molar-refractivity contribution in [2.45, 2.75) is 26.4 Å². The SMILES string of the molecule is COC(=O)c1nccnc1NS(=O)(=O)CC(=O)OC(C)(C)C. The van der Waals surface area contributed by atoms with Crippen molar-refractivity contribution in [3.05, 3.63) is 18.1 Å². The number of nitrogens with one attached hydrogen (secondary N) is 1. The van der Waals surface area contributed by atoms with Crippen LogP contribution < -0.4 is 4.72 Å². The van der Waals surface area contributed by atoms with Crippen molar-refractivity contribution in [1.29, 1.82) is 0 Å². The zero-order valence-electron chi connectivity index (χ0n) is 12.6. The molecule has 9 nitrogen and oxygen atoms in total. The molecular formula is C12H17N3O6S. The number of carbonyl (C=O) groups excluding carboxylic acids is 2. The molecule has 1 N–H and O–H groups in total. The van der Waals surface area contributed by atoms with E-state index in [1.54, 1.807) is 20.8 Å². The summed E-state index contributed by atoms with van der Waals surface area (Å²) in [6.07, 6.45) is 2.40. The van der Waals surface area contributed by atoms with Gasteiger partial charge < -0.3 is 9.47 Å². The van der Waals surface area contributed by atoms with Crippen LogP contribution in [-0.4, -0.2) is 48.8 Å². The number of rotatable bonds is 5. The van der Waals surface area contributed by atoms with Crippen LogP contribution in [0.4, 0.5) is 5.82 Å². The van der Waals surface area contributed by atoms with Crippen molar-refractivity contribution in [1.82, 2.24) is 9.97 Å². The number of hydrogen-bond donors (Lipinski definition) is 1. The maximum Gasteiger partial charge on any atom is 0.360 e. The highest BCUT2D eigenvalue weighted by Crippen LogP contribution is 2.13. The van der Waals surface area contributed by atoms with E-state index in [-0.39, 0.29) is 11.5 Å². The van der Waals surface area contributed by atoms with Crippen molar-refractivity contribution in [3.8, 4) is 0 Å². The lowest BCUT2D eigenvalue weighted by Crippen LogP contribution is -2.31. The summed E-state index contributed by atoms with van der Waals surface area (Å²) in [4.78, 5) is 30.5. The van der Waals surface area contributed by atoms with Crippen LogP contribution in [0.2, 0.25) is 0 Å². The summed E-state index contributed by atoms with van der Waals surface area (Å²) in [6.45, 7) is 4.84. The number of aromatic nitrogens is 2. The van der Waals surface area contributed by atoms with Gasteiger partial charge >= 0.3 is 11.9 Å². The van der Waals surface area contributed by atoms with E-state index in [0.717, 1.165) is 7.11 Å². The Morgan fingerprint density at radius 3 is 2.36 bits per heavy atom. The number of carbonyl (C=O) groups is 2. The van der Waals surface area contributed by atoms with Gasteiger partial charge in [0.15, 0.2) is 17.3 Å². The minimum absolute atomic E-state index is 0.308. The molecule has 10 heteroatoms. The number of nitrogens with zero attached hydrogens (tertiary/aromatic N) is 2. The van der Waals surface area contributed by atoms with Crippen molar-refractivity contribution >= 4 is 27.8 Å². The Morgan fingerprint density at radius 2 is 1.82 bits per heavy atom. The molecule has 1 aromatic rings. The van der Waals surface area contributed by atoms with Gasteiger partial charge in [-0.2, -0.15) is 0 Å². The van der Waals surface area contributed by atoms with E-state index in [4.69, 9.17) is 4.74 Å². The Balaban J connectivity index is 2.90. The molecule has 0 aliphatic rings. The predicted molar refractivity (Wildman–Crippen MR) is 76.6 cm³/mol. The largest absolute Gasteiger partial charge is 0.464 e. The zero-order valence-corrected chi connectivity index (χ0v) is 13.4. The van der Waals surface area contributed by atoms with Crippen LogP contribution in [0.25, 0.3) is 0 Å². The van der Waals surface area contributed by atoms with Crippen LogP contribution in [0, 0.1) is 0 Å². The normalized spacial score (nSPS) is 11.6. The van der Waals surface area contributed by atoms with Crippen molar-refractivity contribution in [2.75, 3.05) is 17.6 Å². The maximum absolute atomic E-state index is 11.9. The van der Waals surface area contributed by atoms with E-state index < -0.39 is 33.3 Å². The first-order chi connectivity index (χ1) is 10.0. The molecule has 0 bridgehead atoms. The van der Waals surface area contributed by atoms with Gasteiger partial charge in [-0.3, -0.25) is 9.52 Å². The van der Waals surface area contributed by atoms with E-state index in [1.165, 1.54) is 12.4 Å². The highest BCUT2D eigenvalue weighted by atomic mass is 32.2. The summed E-state index contributed by atoms with van der Waals surface area (Å²) in [5.41, 5.74) is -1.12. The van der Waals surface area contributed by atoms with Crippen LogP contribution in [0.15, 0.2) is 12.4 Å². The average molecular weight is 331 g/mol. The fourth-order valence-electron chi connectivity index (χ4n) is 1.37. The third kappa shape index (κ3) is 5.64. The molecule has 1 heterocycles. The Labute approximate surface area is 128 Å². The highest BCUT2D eigenvalue weighted by molar-refractivity contribution is 7.93. The summed E-state index contributed by atoms with van der Waals surface area (Å²) in [6, 6.07) is 0. The van der Waals surface area contributed by atoms with Crippen LogP contribution in [0.5, 0.6) is 0 Å². The molecule has 0 amide bonds. The van der Waals surface area contributed by atoms with Crippen LogP contribution in [0.3, 0.4) is 0 Å². The quantitative estimate of drug-likeness (QED) is 0.766. The molecule has 0 atom stereocenters. The Bertz CT molecular complexity index is 666. The fraction of sp³-hybridized carbons (Fsp3) is 0.500. The molecule has 0 aliphatic carbocycles. The minimum Gasteiger partial charge on any atom is -0.464 e. The Kier molecular flexibility index (Phi) is 5.42. The molecular weight excluding hydrogens is 314 g/mol. The van der Waals surface area contributed by atoms with Gasteiger partial charge in [0, 0.05) is 12.4 Å². The first-order valence-electron chi connectivity index (χ1n) is 6.16. The lowest BCUT2D eigenvalue weighted by atomic mass is 10.2. The summed E-state index contributed by atoms with van der Waals surface area (Å²) in [5, 5.41) is 0. The van der Waals surface area contributed by atoms with E-state index in [9.17, 15) is 18.0 Å². The third-order valence-corrected chi connectivity index (χ3v) is 3.18. The average Bonchev–Trinajstić information content (AvgIpc) is 2.34. The number of methoxy groups -OCH3 is 1. The Morgan fingerprint density at radius 1 is 1.23 bits per heavy atom. The number of hydrogen-bond acceptors (Lipinski definition) is 8. The van der Waals surface area contributed by atoms with E-state index >= 15 is 0 Å². The predicted octanol–water partition coefficient (Wildman–Crippen LogP) is 0.347. The number of anilines is 1. The first-order valence-corrected chi connectivity index (χ1v) is 7.81. The molecule has 0 aliphatic heterocycles. The first kappa shape index (κ1) is 17.8. The van der Waals surface area contributed by atoms with Gasteiger partial charge in [0.25, 0.3) is 0 Å². The van der Waals surface area contributed by atoms with Gasteiger partial charge in [0.2, 0.25) is 10.0 Å². The van der Waals surface area contributed by atoms with Crippen molar-refractivity contribution in [2.24, 2.45) is 0 Å². The van der Waals surface area contributed by atoms with Gasteiger partial charge in [0.05, 0.1) is 7.11 Å². The minimum atomic E-state index is -4.11. The summed E-state index contributed by atoms with van der Waals surface area (Å²) >= 11 is 0. The zero-order chi connectivity index (χ0) is 17.0. The third-order valence-electron chi connectivity index (χ3n) is 2.06. The smallest absolute Gasteiger partial charge is 0.360 e. The van der Waals surface area contributed by atoms with Gasteiger partial charge in [0.1, 0.15) is 5.60 Å². The molecule has 0 unspecified atom stereocenters. The van der Waals surface area contributed by atoms with E-state index in [2.05, 4.69) is 14.7 Å². The lowest BCUT2D eigenvalue weighted by Gasteiger charge is -2.19. The fourth-order valence-corrected chi connectivity index (χ4v) is 2.25. The lowest BCUT2D eigenvalue weighted by molar-refractivity contribution is -0.151. The van der Waals surface area contributed by atoms with Crippen LogP contribution >= 0.6 is 0 Å². The molecule has 0 fully saturated rings. The molecule has 1 aromatic heterocycles. The number of esters is 2. The van der Waals surface area contributed by atoms with Gasteiger partial charge in [-0.15, -0.1) is 0 Å². The van der Waals surface area contributed by atoms with Crippen LogP contribution in [0.1, 0.15) is 31.3 Å². The summed E-state index contributed by atoms with van der Waals surface area (Å²) in [5.74, 6) is -3.02. The number of ether oxygens (including phenoxy) is 2. The second-order valence-electron chi connectivity index (χ2n) is 5.19. The Hall–Kier alpha value is -2.23. The van der Waals surface area contributed by atoms with Crippen molar-refractivity contribution in [3.63, 3.8) is 0 Å². The molecule has 0 spiro atoms. The molecule has 122 valence electrons. The van der Waals surface area contributed by atoms with Gasteiger partial charge in [-0.25, -0.2) is 23.2 Å². The molecule has 0 aromatic carbocycles. The van der Waals surface area contributed by atoms with Crippen molar-refractivity contribution < 1.29 is 27.5 Å². The summed E-state index contributed by atoms with van der Waals surface area (Å²) < 4.78 is 35.3. The van der Waals surface area contributed by atoms with E-state index in [1.807, 2.05) is 4.72 Å². The monoisotopic (exact) mass is 331 g/mol. The molecule has 1 rings (SSSR count). The van der Waals surface area contributed by atoms with Gasteiger partial charge in [-0.05, 0) is 20.8 Å². The second-order valence-corrected chi connectivity index (χ2v) is 6.92. The molecule has 0 saturated carbocycles. The second kappa shape index (κ2) is 6.69. The molecule has 0 saturated heterocycles. The van der Waals surface area contributed by atoms with E-state index in [0.29, 0.717) is 0 Å². The standard InChI is InChI=1S/C12H17N3O6S/c1-12(2,3)21-8(16)7-22(18,19)15-10-9(11(17)20-4)13-5-6-14-10/h5-6H,7H2,1-4H3,(H,14,15). The van der Waals surface area contributed by atoms with Gasteiger partial charge in [-0.1, -0.05) is 0 Å². The molecule has 0 radical (unpaired) electrons. The summed E-state index contributed by atoms with van der Waals surface area (Å²) in [7, 11) is -2.98. The highest BCUT2D eigenvalue weighted by Gasteiger charge is 2.25. The number of sulfonamides is 1. The maximum atomic E-state index is 11.9.